The smallest absolute Gasteiger partial charge is 0.0820 e. The molecule has 1 aromatic rings. The van der Waals surface area contributed by atoms with Crippen LogP contribution in [0, 0.1) is 0 Å². The summed E-state index contributed by atoms with van der Waals surface area (Å²) in [7, 11) is 0. The normalized spacial score (nSPS) is 27.9. The van der Waals surface area contributed by atoms with E-state index in [0.717, 1.165) is 36.8 Å². The zero-order valence-corrected chi connectivity index (χ0v) is 10.3. The minimum Gasteiger partial charge on any atom is -0.388 e. The van der Waals surface area contributed by atoms with Gasteiger partial charge in [-0.1, -0.05) is 0 Å². The lowest BCUT2D eigenvalue weighted by Crippen LogP contribution is -2.46. The summed E-state index contributed by atoms with van der Waals surface area (Å²) in [5.41, 5.74) is -0.525. The first-order chi connectivity index (χ1) is 6.68. The van der Waals surface area contributed by atoms with Crippen LogP contribution in [0.2, 0.25) is 0 Å². The summed E-state index contributed by atoms with van der Waals surface area (Å²) < 4.78 is 1.12. The highest BCUT2D eigenvalue weighted by atomic mass is 79.9. The van der Waals surface area contributed by atoms with Crippen LogP contribution in [0.25, 0.3) is 0 Å². The molecule has 0 bridgehead atoms. The van der Waals surface area contributed by atoms with Gasteiger partial charge in [0, 0.05) is 27.7 Å². The van der Waals surface area contributed by atoms with Crippen LogP contribution in [-0.2, 0) is 6.42 Å². The Morgan fingerprint density at radius 1 is 1.64 bits per heavy atom. The average Bonchev–Trinajstić information content (AvgIpc) is 2.51. The highest BCUT2D eigenvalue weighted by Crippen LogP contribution is 2.27. The minimum atomic E-state index is -0.525. The molecule has 1 saturated heterocycles. The fraction of sp³-hybridized carbons (Fsp3) is 0.600. The lowest BCUT2D eigenvalue weighted by Gasteiger charge is -2.32. The molecule has 78 valence electrons. The predicted molar refractivity (Wildman–Crippen MR) is 62.8 cm³/mol. The average molecular weight is 276 g/mol. The Kier molecular flexibility index (Phi) is 3.27. The first-order valence-corrected chi connectivity index (χ1v) is 6.51. The number of rotatable bonds is 2. The molecular weight excluding hydrogens is 262 g/mol. The van der Waals surface area contributed by atoms with Crippen molar-refractivity contribution in [3.8, 4) is 0 Å². The minimum absolute atomic E-state index is 0.525. The van der Waals surface area contributed by atoms with Gasteiger partial charge in [0.15, 0.2) is 0 Å². The molecule has 0 radical (unpaired) electrons. The molecule has 1 atom stereocenters. The van der Waals surface area contributed by atoms with Crippen molar-refractivity contribution in [2.45, 2.75) is 24.9 Å². The van der Waals surface area contributed by atoms with Gasteiger partial charge >= 0.3 is 0 Å². The third kappa shape index (κ3) is 2.57. The van der Waals surface area contributed by atoms with Crippen LogP contribution in [0.15, 0.2) is 15.9 Å². The van der Waals surface area contributed by atoms with Gasteiger partial charge < -0.3 is 10.4 Å². The van der Waals surface area contributed by atoms with Gasteiger partial charge in [-0.25, -0.2) is 0 Å². The van der Waals surface area contributed by atoms with E-state index < -0.39 is 5.60 Å². The molecule has 1 aliphatic heterocycles. The van der Waals surface area contributed by atoms with Crippen LogP contribution < -0.4 is 5.32 Å². The van der Waals surface area contributed by atoms with E-state index in [1.807, 2.05) is 0 Å². The van der Waals surface area contributed by atoms with E-state index in [4.69, 9.17) is 0 Å². The largest absolute Gasteiger partial charge is 0.388 e. The molecule has 1 aromatic heterocycles. The molecule has 0 saturated carbocycles. The predicted octanol–water partition coefficient (Wildman–Crippen LogP) is 2.17. The van der Waals surface area contributed by atoms with Gasteiger partial charge in [-0.05, 0) is 41.4 Å². The van der Waals surface area contributed by atoms with Gasteiger partial charge in [0.2, 0.25) is 0 Å². The van der Waals surface area contributed by atoms with Crippen LogP contribution in [0.3, 0.4) is 0 Å². The molecular formula is C10H14BrNOS. The maximum Gasteiger partial charge on any atom is 0.0820 e. The number of hydrogen-bond donors (Lipinski definition) is 2. The molecule has 0 aromatic carbocycles. The summed E-state index contributed by atoms with van der Waals surface area (Å²) >= 11 is 5.13. The molecule has 2 rings (SSSR count). The fourth-order valence-corrected chi connectivity index (χ4v) is 3.46. The fourth-order valence-electron chi connectivity index (χ4n) is 1.87. The Morgan fingerprint density at radius 3 is 3.07 bits per heavy atom. The summed E-state index contributed by atoms with van der Waals surface area (Å²) in [4.78, 5) is 1.25. The summed E-state index contributed by atoms with van der Waals surface area (Å²) in [5, 5.41) is 15.6. The second-order valence-electron chi connectivity index (χ2n) is 3.91. The van der Waals surface area contributed by atoms with E-state index in [1.165, 1.54) is 4.88 Å². The van der Waals surface area contributed by atoms with Crippen molar-refractivity contribution in [1.29, 1.82) is 0 Å². The Labute approximate surface area is 96.5 Å². The number of thiophene rings is 1. The number of piperidine rings is 1. The van der Waals surface area contributed by atoms with E-state index in [9.17, 15) is 5.11 Å². The number of hydrogen-bond acceptors (Lipinski definition) is 3. The first kappa shape index (κ1) is 10.6. The quantitative estimate of drug-likeness (QED) is 0.867. The molecule has 1 fully saturated rings. The summed E-state index contributed by atoms with van der Waals surface area (Å²) in [6.45, 7) is 1.76. The van der Waals surface area contributed by atoms with Crippen molar-refractivity contribution < 1.29 is 5.11 Å². The zero-order chi connectivity index (χ0) is 10.0. The second-order valence-corrected chi connectivity index (χ2v) is 5.82. The number of halogens is 1. The van der Waals surface area contributed by atoms with E-state index in [2.05, 4.69) is 32.7 Å². The number of aliphatic hydroxyl groups is 1. The Bertz CT molecular complexity index is 307. The van der Waals surface area contributed by atoms with Crippen LogP contribution >= 0.6 is 27.3 Å². The Balaban J connectivity index is 2.01. The van der Waals surface area contributed by atoms with E-state index >= 15 is 0 Å². The van der Waals surface area contributed by atoms with Crippen LogP contribution in [-0.4, -0.2) is 23.8 Å². The Hall–Kier alpha value is 0.1000. The van der Waals surface area contributed by atoms with Gasteiger partial charge in [-0.3, -0.25) is 0 Å². The summed E-state index contributed by atoms with van der Waals surface area (Å²) in [6, 6.07) is 2.09. The van der Waals surface area contributed by atoms with Crippen LogP contribution in [0.1, 0.15) is 17.7 Å². The Morgan fingerprint density at radius 2 is 2.50 bits per heavy atom. The SMILES string of the molecule is OC1(Cc2cc(Br)cs2)CCCNC1. The zero-order valence-electron chi connectivity index (χ0n) is 7.92. The molecule has 2 nitrogen and oxygen atoms in total. The molecule has 2 N–H and O–H groups in total. The van der Waals surface area contributed by atoms with Crippen molar-refractivity contribution in [3.63, 3.8) is 0 Å². The van der Waals surface area contributed by atoms with Gasteiger partial charge in [0.1, 0.15) is 0 Å². The summed E-state index contributed by atoms with van der Waals surface area (Å²) in [6.07, 6.45) is 2.76. The topological polar surface area (TPSA) is 32.3 Å². The molecule has 0 amide bonds. The maximum atomic E-state index is 10.3. The van der Waals surface area contributed by atoms with Gasteiger partial charge in [-0.2, -0.15) is 0 Å². The third-order valence-corrected chi connectivity index (χ3v) is 4.27. The molecule has 14 heavy (non-hydrogen) atoms. The van der Waals surface area contributed by atoms with E-state index in [0.29, 0.717) is 0 Å². The molecule has 4 heteroatoms. The van der Waals surface area contributed by atoms with Crippen molar-refractivity contribution in [1.82, 2.24) is 5.32 Å². The molecule has 1 aliphatic rings. The highest BCUT2D eigenvalue weighted by Gasteiger charge is 2.29. The maximum absolute atomic E-state index is 10.3. The molecule has 0 spiro atoms. The number of nitrogens with one attached hydrogen (secondary N) is 1. The van der Waals surface area contributed by atoms with Crippen molar-refractivity contribution in [2.75, 3.05) is 13.1 Å². The van der Waals surface area contributed by atoms with Crippen LogP contribution in [0.5, 0.6) is 0 Å². The van der Waals surface area contributed by atoms with Crippen molar-refractivity contribution in [2.24, 2.45) is 0 Å². The lowest BCUT2D eigenvalue weighted by molar-refractivity contribution is 0.0176. The number of β-amino-alcohol motifs (C(OH)–C–C–N with tert-alkyl or cyclic N) is 1. The third-order valence-electron chi connectivity index (χ3n) is 2.57. The van der Waals surface area contributed by atoms with Gasteiger partial charge in [-0.15, -0.1) is 11.3 Å². The van der Waals surface area contributed by atoms with Crippen molar-refractivity contribution in [3.05, 3.63) is 20.8 Å². The molecule has 0 aliphatic carbocycles. The molecule has 2 heterocycles. The van der Waals surface area contributed by atoms with E-state index in [-0.39, 0.29) is 0 Å². The monoisotopic (exact) mass is 275 g/mol. The second kappa shape index (κ2) is 4.31. The van der Waals surface area contributed by atoms with Crippen LogP contribution in [0.4, 0.5) is 0 Å². The lowest BCUT2D eigenvalue weighted by atomic mass is 9.90. The van der Waals surface area contributed by atoms with Gasteiger partial charge in [0.05, 0.1) is 5.60 Å². The summed E-state index contributed by atoms with van der Waals surface area (Å²) in [5.74, 6) is 0. The standard InChI is InChI=1S/C10H14BrNOS/c11-8-4-9(14-6-8)5-10(13)2-1-3-12-7-10/h4,6,12-13H,1-3,5,7H2. The molecule has 1 unspecified atom stereocenters. The highest BCUT2D eigenvalue weighted by molar-refractivity contribution is 9.10. The van der Waals surface area contributed by atoms with E-state index in [1.54, 1.807) is 11.3 Å². The van der Waals surface area contributed by atoms with Gasteiger partial charge in [0.25, 0.3) is 0 Å². The first-order valence-electron chi connectivity index (χ1n) is 4.84. The van der Waals surface area contributed by atoms with Crippen molar-refractivity contribution >= 4 is 27.3 Å².